The lowest BCUT2D eigenvalue weighted by Crippen LogP contribution is -2.58. The Morgan fingerprint density at radius 2 is 2.18 bits per heavy atom. The predicted octanol–water partition coefficient (Wildman–Crippen LogP) is 4.06. The van der Waals surface area contributed by atoms with Gasteiger partial charge in [0.2, 0.25) is 5.89 Å². The molecule has 2 heterocycles. The van der Waals surface area contributed by atoms with E-state index in [1.807, 2.05) is 6.92 Å². The highest BCUT2D eigenvalue weighted by Gasteiger charge is 2.49. The van der Waals surface area contributed by atoms with Crippen LogP contribution in [0.3, 0.4) is 0 Å². The minimum absolute atomic E-state index is 0.00498. The van der Waals surface area contributed by atoms with Gasteiger partial charge < -0.3 is 18.7 Å². The van der Waals surface area contributed by atoms with E-state index in [1.54, 1.807) is 12.2 Å². The number of nitrogens with zero attached hydrogens (tertiary/aromatic N) is 2. The lowest BCUT2D eigenvalue weighted by Gasteiger charge is -2.44. The number of hydrogen-bond acceptors (Lipinski definition) is 6. The molecular formula is C20H34N2O5Si. The highest BCUT2D eigenvalue weighted by molar-refractivity contribution is 6.74. The Kier molecular flexibility index (Phi) is 7.11. The lowest BCUT2D eigenvalue weighted by molar-refractivity contribution is -0.0534. The average Bonchev–Trinajstić information content (AvgIpc) is 3.15. The first-order valence-corrected chi connectivity index (χ1v) is 12.8. The number of aliphatic hydroxyl groups is 1. The molecule has 0 fully saturated rings. The Labute approximate surface area is 168 Å². The molecule has 0 saturated heterocycles. The quantitative estimate of drug-likeness (QED) is 0.414. The van der Waals surface area contributed by atoms with Crippen LogP contribution < -0.4 is 0 Å². The number of amides is 1. The van der Waals surface area contributed by atoms with Crippen LogP contribution >= 0.6 is 0 Å². The molecule has 1 N–H and O–H groups in total. The average molecular weight is 411 g/mol. The molecule has 0 aromatic carbocycles. The monoisotopic (exact) mass is 410 g/mol. The molecule has 1 aliphatic rings. The second-order valence-corrected chi connectivity index (χ2v) is 13.6. The Morgan fingerprint density at radius 1 is 1.46 bits per heavy atom. The Balaban J connectivity index is 2.29. The number of oxazole rings is 1. The molecule has 158 valence electrons. The fourth-order valence-corrected chi connectivity index (χ4v) is 3.77. The van der Waals surface area contributed by atoms with Crippen molar-refractivity contribution in [2.45, 2.75) is 70.3 Å². The summed E-state index contributed by atoms with van der Waals surface area (Å²) in [6.45, 7) is 13.6. The molecule has 0 saturated carbocycles. The fourth-order valence-electron chi connectivity index (χ4n) is 2.77. The summed E-state index contributed by atoms with van der Waals surface area (Å²) in [5, 5.41) is 11.4. The molecule has 0 spiro atoms. The maximum atomic E-state index is 12.7. The minimum atomic E-state index is -2.10. The topological polar surface area (TPSA) is 85.0 Å². The summed E-state index contributed by atoms with van der Waals surface area (Å²) >= 11 is 0. The molecule has 1 amide bonds. The Morgan fingerprint density at radius 3 is 2.75 bits per heavy atom. The van der Waals surface area contributed by atoms with Gasteiger partial charge in [-0.3, -0.25) is 4.90 Å². The van der Waals surface area contributed by atoms with Gasteiger partial charge in [-0.15, -0.1) is 0 Å². The summed E-state index contributed by atoms with van der Waals surface area (Å²) in [6.07, 6.45) is 7.52. The van der Waals surface area contributed by atoms with Crippen molar-refractivity contribution in [1.82, 2.24) is 9.88 Å². The van der Waals surface area contributed by atoms with E-state index in [4.69, 9.17) is 13.6 Å². The number of carbonyl (C=O) groups is 1. The molecule has 1 unspecified atom stereocenters. The van der Waals surface area contributed by atoms with E-state index < -0.39 is 26.1 Å². The maximum absolute atomic E-state index is 12.7. The molecule has 0 radical (unpaired) electrons. The number of rotatable bonds is 7. The summed E-state index contributed by atoms with van der Waals surface area (Å²) in [6, 6.07) is -0.695. The van der Waals surface area contributed by atoms with Crippen LogP contribution in [-0.4, -0.2) is 55.2 Å². The van der Waals surface area contributed by atoms with Gasteiger partial charge in [0, 0.05) is 6.54 Å². The second-order valence-electron chi connectivity index (χ2n) is 8.77. The Hall–Kier alpha value is -1.64. The van der Waals surface area contributed by atoms with E-state index in [-0.39, 0.29) is 17.5 Å². The Bertz CT molecular complexity index is 669. The van der Waals surface area contributed by atoms with Crippen molar-refractivity contribution in [2.75, 3.05) is 19.8 Å². The first-order chi connectivity index (χ1) is 13.0. The van der Waals surface area contributed by atoms with E-state index in [0.717, 1.165) is 12.8 Å². The molecule has 28 heavy (non-hydrogen) atoms. The predicted molar refractivity (Wildman–Crippen MR) is 109 cm³/mol. The van der Waals surface area contributed by atoms with Crippen LogP contribution in [-0.2, 0) is 14.8 Å². The number of aromatic nitrogens is 1. The van der Waals surface area contributed by atoms with Gasteiger partial charge in [0.15, 0.2) is 13.9 Å². The van der Waals surface area contributed by atoms with Crippen LogP contribution in [0.1, 0.15) is 46.4 Å². The van der Waals surface area contributed by atoms with Gasteiger partial charge >= 0.3 is 6.09 Å². The molecule has 2 rings (SSSR count). The number of hydrogen-bond donors (Lipinski definition) is 1. The van der Waals surface area contributed by atoms with Crippen LogP contribution in [0.5, 0.6) is 0 Å². The zero-order valence-corrected chi connectivity index (χ0v) is 18.9. The van der Waals surface area contributed by atoms with Crippen molar-refractivity contribution in [2.24, 2.45) is 0 Å². The molecule has 0 bridgehead atoms. The number of carbonyl (C=O) groups excluding carboxylic acids is 1. The zero-order chi connectivity index (χ0) is 21.0. The lowest BCUT2D eigenvalue weighted by atomic mass is 9.90. The van der Waals surface area contributed by atoms with E-state index in [9.17, 15) is 9.90 Å². The van der Waals surface area contributed by atoms with E-state index in [0.29, 0.717) is 13.2 Å². The van der Waals surface area contributed by atoms with Crippen molar-refractivity contribution in [3.05, 3.63) is 30.5 Å². The number of ether oxygens (including phenoxy) is 1. The van der Waals surface area contributed by atoms with Gasteiger partial charge in [0.05, 0.1) is 25.5 Å². The minimum Gasteiger partial charge on any atom is -0.449 e. The highest BCUT2D eigenvalue weighted by atomic mass is 28.4. The smallest absolute Gasteiger partial charge is 0.410 e. The fraction of sp³-hybridized carbons (Fsp3) is 0.700. The summed E-state index contributed by atoms with van der Waals surface area (Å²) in [5.74, 6) is 0.138. The third kappa shape index (κ3) is 4.85. The molecule has 2 atom stereocenters. The van der Waals surface area contributed by atoms with Crippen molar-refractivity contribution < 1.29 is 23.5 Å². The third-order valence-corrected chi connectivity index (χ3v) is 10.2. The first-order valence-electron chi connectivity index (χ1n) is 9.90. The van der Waals surface area contributed by atoms with Gasteiger partial charge in [0.25, 0.3) is 0 Å². The van der Waals surface area contributed by atoms with Crippen LogP contribution in [0.25, 0.3) is 0 Å². The van der Waals surface area contributed by atoms with Gasteiger partial charge in [0.1, 0.15) is 6.26 Å². The van der Waals surface area contributed by atoms with E-state index in [1.165, 1.54) is 17.4 Å². The maximum Gasteiger partial charge on any atom is 0.410 e. The summed E-state index contributed by atoms with van der Waals surface area (Å²) in [5.41, 5.74) is -1.58. The summed E-state index contributed by atoms with van der Waals surface area (Å²) in [4.78, 5) is 18.4. The SMILES string of the molecule is CCCCOC(=O)N1CC=CC(O)(c2ncco2)[C@H]1CO[Si](C)(C)C(C)(C)C. The van der Waals surface area contributed by atoms with E-state index >= 15 is 0 Å². The van der Waals surface area contributed by atoms with Crippen LogP contribution in [0.4, 0.5) is 4.79 Å². The molecule has 8 heteroatoms. The third-order valence-electron chi connectivity index (χ3n) is 5.70. The van der Waals surface area contributed by atoms with Crippen molar-refractivity contribution in [3.8, 4) is 0 Å². The van der Waals surface area contributed by atoms with Crippen LogP contribution in [0.2, 0.25) is 18.1 Å². The van der Waals surface area contributed by atoms with Gasteiger partial charge in [-0.25, -0.2) is 9.78 Å². The van der Waals surface area contributed by atoms with E-state index in [2.05, 4.69) is 38.8 Å². The summed E-state index contributed by atoms with van der Waals surface area (Å²) < 4.78 is 17.2. The van der Waals surface area contributed by atoms with Crippen LogP contribution in [0.15, 0.2) is 29.0 Å². The highest BCUT2D eigenvalue weighted by Crippen LogP contribution is 2.39. The molecule has 1 aromatic heterocycles. The van der Waals surface area contributed by atoms with Gasteiger partial charge in [-0.1, -0.05) is 40.2 Å². The zero-order valence-electron chi connectivity index (χ0n) is 17.9. The second kappa shape index (κ2) is 8.80. The van der Waals surface area contributed by atoms with Crippen molar-refractivity contribution in [3.63, 3.8) is 0 Å². The standard InChI is InChI=1S/C20H34N2O5Si/c1-7-8-13-26-18(23)22-12-9-10-20(24,17-21-11-14-25-17)16(22)15-27-28(5,6)19(2,3)4/h9-11,14,16,24H,7-8,12-13,15H2,1-6H3/t16-,20?/m1/s1. The van der Waals surface area contributed by atoms with Gasteiger partial charge in [-0.05, 0) is 30.6 Å². The molecular weight excluding hydrogens is 376 g/mol. The molecule has 0 aliphatic carbocycles. The molecule has 1 aromatic rings. The van der Waals surface area contributed by atoms with Crippen LogP contribution in [0, 0.1) is 0 Å². The van der Waals surface area contributed by atoms with Crippen molar-refractivity contribution in [1.29, 1.82) is 0 Å². The largest absolute Gasteiger partial charge is 0.449 e. The normalized spacial score (nSPS) is 23.1. The molecule has 7 nitrogen and oxygen atoms in total. The summed E-state index contributed by atoms with van der Waals surface area (Å²) in [7, 11) is -2.10. The molecule has 1 aliphatic heterocycles. The first kappa shape index (κ1) is 22.6. The van der Waals surface area contributed by atoms with Gasteiger partial charge in [-0.2, -0.15) is 0 Å². The number of unbranched alkanes of at least 4 members (excludes halogenated alkanes) is 1. The van der Waals surface area contributed by atoms with Crippen molar-refractivity contribution >= 4 is 14.4 Å².